The highest BCUT2D eigenvalue weighted by molar-refractivity contribution is 8.01. The van der Waals surface area contributed by atoms with Crippen LogP contribution in [0, 0.1) is 0 Å². The average molecular weight is 257 g/mol. The summed E-state index contributed by atoms with van der Waals surface area (Å²) in [5.41, 5.74) is 6.61. The van der Waals surface area contributed by atoms with E-state index >= 15 is 0 Å². The summed E-state index contributed by atoms with van der Waals surface area (Å²) in [7, 11) is -2.77. The van der Waals surface area contributed by atoms with Gasteiger partial charge in [-0.25, -0.2) is 8.42 Å². The molecule has 2 N–H and O–H groups in total. The lowest BCUT2D eigenvalue weighted by molar-refractivity contribution is 0.602. The summed E-state index contributed by atoms with van der Waals surface area (Å²) in [6.07, 6.45) is 0.769. The smallest absolute Gasteiger partial charge is 0.151 e. The van der Waals surface area contributed by atoms with E-state index in [0.717, 1.165) is 16.9 Å². The van der Waals surface area contributed by atoms with Crippen LogP contribution in [-0.2, 0) is 16.4 Å². The number of nitrogens with two attached hydrogens (primary N) is 1. The molecule has 1 atom stereocenters. The highest BCUT2D eigenvalue weighted by Crippen LogP contribution is 2.30. The Labute approximate surface area is 100 Å². The minimum Gasteiger partial charge on any atom is -0.326 e. The van der Waals surface area contributed by atoms with Gasteiger partial charge in [0.25, 0.3) is 0 Å². The molecule has 1 unspecified atom stereocenters. The summed E-state index contributed by atoms with van der Waals surface area (Å²) in [5.74, 6) is 0.655. The second-order valence-corrected chi connectivity index (χ2v) is 7.59. The van der Waals surface area contributed by atoms with Crippen molar-refractivity contribution in [2.45, 2.75) is 23.1 Å². The van der Waals surface area contributed by atoms with Gasteiger partial charge in [0.1, 0.15) is 0 Å². The third-order valence-corrected chi connectivity index (χ3v) is 5.91. The molecule has 1 aliphatic heterocycles. The quantitative estimate of drug-likeness (QED) is 0.889. The van der Waals surface area contributed by atoms with E-state index < -0.39 is 9.84 Å². The van der Waals surface area contributed by atoms with Gasteiger partial charge in [-0.2, -0.15) is 0 Å². The van der Waals surface area contributed by atoms with Crippen molar-refractivity contribution < 1.29 is 8.42 Å². The Bertz CT molecular complexity index is 453. The first-order valence-corrected chi connectivity index (χ1v) is 7.95. The van der Waals surface area contributed by atoms with E-state index in [-0.39, 0.29) is 5.25 Å². The van der Waals surface area contributed by atoms with Gasteiger partial charge in [0.05, 0.1) is 11.5 Å². The maximum Gasteiger partial charge on any atom is 0.151 e. The Kier molecular flexibility index (Phi) is 3.56. The zero-order valence-corrected chi connectivity index (χ0v) is 10.6. The van der Waals surface area contributed by atoms with Crippen LogP contribution in [0.2, 0.25) is 0 Å². The molecule has 0 bridgehead atoms. The van der Waals surface area contributed by atoms with Crippen molar-refractivity contribution in [3.63, 3.8) is 0 Å². The molecular formula is C11H15NO2S2. The average Bonchev–Trinajstić information content (AvgIpc) is 2.59. The van der Waals surface area contributed by atoms with Crippen LogP contribution in [0.15, 0.2) is 29.2 Å². The Balaban J connectivity index is 1.99. The first-order valence-electron chi connectivity index (χ1n) is 5.25. The third-order valence-electron chi connectivity index (χ3n) is 2.65. The molecule has 1 saturated heterocycles. The van der Waals surface area contributed by atoms with E-state index in [2.05, 4.69) is 0 Å². The van der Waals surface area contributed by atoms with Crippen LogP contribution in [0.4, 0.5) is 0 Å². The van der Waals surface area contributed by atoms with Crippen molar-refractivity contribution >= 4 is 21.6 Å². The fourth-order valence-corrected chi connectivity index (χ4v) is 5.25. The number of sulfone groups is 1. The summed E-state index contributed by atoms with van der Waals surface area (Å²) >= 11 is 1.65. The van der Waals surface area contributed by atoms with Gasteiger partial charge in [0.2, 0.25) is 0 Å². The highest BCUT2D eigenvalue weighted by atomic mass is 32.2. The second kappa shape index (κ2) is 4.77. The lowest BCUT2D eigenvalue weighted by atomic mass is 10.2. The molecule has 0 aliphatic carbocycles. The van der Waals surface area contributed by atoms with Crippen molar-refractivity contribution in [1.29, 1.82) is 0 Å². The monoisotopic (exact) mass is 257 g/mol. The van der Waals surface area contributed by atoms with Gasteiger partial charge in [-0.1, -0.05) is 12.1 Å². The third kappa shape index (κ3) is 2.99. The van der Waals surface area contributed by atoms with E-state index in [0.29, 0.717) is 18.1 Å². The van der Waals surface area contributed by atoms with Crippen molar-refractivity contribution in [2.75, 3.05) is 11.5 Å². The molecule has 16 heavy (non-hydrogen) atoms. The van der Waals surface area contributed by atoms with Crippen LogP contribution >= 0.6 is 11.8 Å². The van der Waals surface area contributed by atoms with Crippen LogP contribution in [0.25, 0.3) is 0 Å². The van der Waals surface area contributed by atoms with E-state index in [4.69, 9.17) is 5.73 Å². The fourth-order valence-electron chi connectivity index (χ4n) is 1.75. The normalized spacial score (nSPS) is 23.4. The van der Waals surface area contributed by atoms with Gasteiger partial charge < -0.3 is 5.73 Å². The first-order chi connectivity index (χ1) is 7.59. The van der Waals surface area contributed by atoms with Crippen molar-refractivity contribution in [3.8, 4) is 0 Å². The van der Waals surface area contributed by atoms with E-state index in [9.17, 15) is 8.42 Å². The second-order valence-electron chi connectivity index (χ2n) is 3.99. The topological polar surface area (TPSA) is 60.2 Å². The summed E-state index contributed by atoms with van der Waals surface area (Å²) < 4.78 is 22.6. The highest BCUT2D eigenvalue weighted by Gasteiger charge is 2.28. The predicted octanol–water partition coefficient (Wildman–Crippen LogP) is 1.42. The lowest BCUT2D eigenvalue weighted by Crippen LogP contribution is -2.06. The molecule has 0 amide bonds. The largest absolute Gasteiger partial charge is 0.326 e. The number of hydrogen-bond acceptors (Lipinski definition) is 4. The van der Waals surface area contributed by atoms with Gasteiger partial charge in [0, 0.05) is 16.7 Å². The predicted molar refractivity (Wildman–Crippen MR) is 67.2 cm³/mol. The maximum atomic E-state index is 11.3. The number of hydrogen-bond donors (Lipinski definition) is 1. The molecule has 5 heteroatoms. The van der Waals surface area contributed by atoms with E-state index in [1.165, 1.54) is 0 Å². The van der Waals surface area contributed by atoms with Crippen LogP contribution in [0.1, 0.15) is 12.0 Å². The molecule has 0 spiro atoms. The zero-order valence-electron chi connectivity index (χ0n) is 8.93. The van der Waals surface area contributed by atoms with Crippen LogP contribution < -0.4 is 5.73 Å². The summed E-state index contributed by atoms with van der Waals surface area (Å²) in [6, 6.07) is 8.01. The molecule has 0 aromatic heterocycles. The molecule has 1 aromatic carbocycles. The van der Waals surface area contributed by atoms with E-state index in [1.54, 1.807) is 11.8 Å². The molecule has 1 heterocycles. The minimum absolute atomic E-state index is 0.216. The lowest BCUT2D eigenvalue weighted by Gasteiger charge is -2.07. The molecule has 88 valence electrons. The maximum absolute atomic E-state index is 11.3. The Hall–Kier alpha value is -0.520. The summed E-state index contributed by atoms with van der Waals surface area (Å²) in [6.45, 7) is 0.544. The fraction of sp³-hybridized carbons (Fsp3) is 0.455. The Morgan fingerprint density at radius 2 is 2.00 bits per heavy atom. The molecule has 1 aromatic rings. The van der Waals surface area contributed by atoms with Crippen LogP contribution in [-0.4, -0.2) is 25.2 Å². The molecular weight excluding hydrogens is 242 g/mol. The zero-order chi connectivity index (χ0) is 11.6. The number of thioether (sulfide) groups is 1. The number of rotatable bonds is 3. The Morgan fingerprint density at radius 3 is 2.50 bits per heavy atom. The minimum atomic E-state index is -2.77. The van der Waals surface area contributed by atoms with Crippen LogP contribution in [0.5, 0.6) is 0 Å². The van der Waals surface area contributed by atoms with Gasteiger partial charge >= 0.3 is 0 Å². The summed E-state index contributed by atoms with van der Waals surface area (Å²) in [4.78, 5) is 1.12. The van der Waals surface area contributed by atoms with Crippen LogP contribution in [0.3, 0.4) is 0 Å². The van der Waals surface area contributed by atoms with Gasteiger partial charge in [0.15, 0.2) is 9.84 Å². The molecule has 1 aliphatic rings. The Morgan fingerprint density at radius 1 is 1.31 bits per heavy atom. The van der Waals surface area contributed by atoms with Gasteiger partial charge in [-0.3, -0.25) is 0 Å². The molecule has 1 fully saturated rings. The van der Waals surface area contributed by atoms with Gasteiger partial charge in [-0.15, -0.1) is 11.8 Å². The first kappa shape index (κ1) is 12.0. The SMILES string of the molecule is NCc1ccc(SC2CCS(=O)(=O)C2)cc1. The van der Waals surface area contributed by atoms with Gasteiger partial charge in [-0.05, 0) is 24.1 Å². The summed E-state index contributed by atoms with van der Waals surface area (Å²) in [5, 5.41) is 0.216. The molecule has 0 saturated carbocycles. The van der Waals surface area contributed by atoms with Crippen molar-refractivity contribution in [2.24, 2.45) is 5.73 Å². The van der Waals surface area contributed by atoms with Crippen molar-refractivity contribution in [1.82, 2.24) is 0 Å². The molecule has 0 radical (unpaired) electrons. The van der Waals surface area contributed by atoms with E-state index in [1.807, 2.05) is 24.3 Å². The van der Waals surface area contributed by atoms with Crippen molar-refractivity contribution in [3.05, 3.63) is 29.8 Å². The standard InChI is InChI=1S/C11H15NO2S2/c12-7-9-1-3-10(4-2-9)15-11-5-6-16(13,14)8-11/h1-4,11H,5-8,12H2. The molecule has 2 rings (SSSR count). The number of benzene rings is 1. The molecule has 3 nitrogen and oxygen atoms in total.